The van der Waals surface area contributed by atoms with Crippen LogP contribution < -0.4 is 10.6 Å². The van der Waals surface area contributed by atoms with Gasteiger partial charge in [-0.2, -0.15) is 17.0 Å². The number of piperidine rings is 1. The third-order valence-electron chi connectivity index (χ3n) is 5.52. The van der Waals surface area contributed by atoms with Crippen molar-refractivity contribution in [1.29, 1.82) is 0 Å². The minimum atomic E-state index is -3.50. The fourth-order valence-corrected chi connectivity index (χ4v) is 5.15. The number of aliphatic imine (C=N–C) groups is 1. The van der Waals surface area contributed by atoms with Gasteiger partial charge in [-0.25, -0.2) is 0 Å². The number of hydrogen-bond acceptors (Lipinski definition) is 4. The van der Waals surface area contributed by atoms with Gasteiger partial charge in [0.1, 0.15) is 11.4 Å². The number of fused-ring (bicyclic) bond motifs is 1. The summed E-state index contributed by atoms with van der Waals surface area (Å²) in [5, 5.41) is 7.10. The second kappa shape index (κ2) is 7.78. The zero-order chi connectivity index (χ0) is 20.5. The Morgan fingerprint density at radius 3 is 2.48 bits per heavy atom. The van der Waals surface area contributed by atoms with Crippen molar-refractivity contribution in [3.05, 3.63) is 60.2 Å². The molecule has 2 aliphatic rings. The summed E-state index contributed by atoms with van der Waals surface area (Å²) in [5.41, 5.74) is 2.46. The van der Waals surface area contributed by atoms with Gasteiger partial charge in [0, 0.05) is 27.2 Å². The maximum Gasteiger partial charge on any atom is 0.281 e. The van der Waals surface area contributed by atoms with Gasteiger partial charge >= 0.3 is 0 Å². The van der Waals surface area contributed by atoms with E-state index in [0.29, 0.717) is 19.6 Å². The van der Waals surface area contributed by atoms with E-state index < -0.39 is 15.7 Å². The average molecular weight is 414 g/mol. The molecule has 2 aromatic carbocycles. The largest absolute Gasteiger partial charge is 0.370 e. The normalized spacial score (nSPS) is 23.6. The predicted octanol–water partition coefficient (Wildman–Crippen LogP) is 2.76. The molecule has 1 unspecified atom stereocenters. The molecular weight excluding hydrogens is 386 g/mol. The van der Waals surface area contributed by atoms with Crippen LogP contribution in [0.4, 0.5) is 11.4 Å². The zero-order valence-corrected chi connectivity index (χ0v) is 17.6. The molecule has 2 aliphatic heterocycles. The van der Waals surface area contributed by atoms with Gasteiger partial charge in [-0.1, -0.05) is 42.5 Å². The van der Waals surface area contributed by atoms with Gasteiger partial charge in [-0.05, 0) is 30.5 Å². The zero-order valence-electron chi connectivity index (χ0n) is 16.8. The van der Waals surface area contributed by atoms with Crippen molar-refractivity contribution in [2.24, 2.45) is 4.99 Å². The molecule has 0 amide bonds. The molecule has 0 aromatic heterocycles. The van der Waals surface area contributed by atoms with Crippen molar-refractivity contribution in [1.82, 2.24) is 8.61 Å². The Hall–Kier alpha value is -2.42. The van der Waals surface area contributed by atoms with Gasteiger partial charge in [0.2, 0.25) is 0 Å². The summed E-state index contributed by atoms with van der Waals surface area (Å²) in [6.45, 7) is 1.38. The van der Waals surface area contributed by atoms with Gasteiger partial charge in [0.25, 0.3) is 10.2 Å². The van der Waals surface area contributed by atoms with Crippen molar-refractivity contribution >= 4 is 27.4 Å². The molecule has 8 heteroatoms. The second-order valence-corrected chi connectivity index (χ2v) is 9.90. The van der Waals surface area contributed by atoms with Crippen LogP contribution in [0.15, 0.2) is 59.6 Å². The van der Waals surface area contributed by atoms with Crippen LogP contribution in [0.2, 0.25) is 0 Å². The number of nitrogens with one attached hydrogen (secondary N) is 2. The van der Waals surface area contributed by atoms with Crippen LogP contribution in [0.3, 0.4) is 0 Å². The van der Waals surface area contributed by atoms with Gasteiger partial charge in [0.05, 0.1) is 17.9 Å². The van der Waals surface area contributed by atoms with Crippen LogP contribution in [0.5, 0.6) is 0 Å². The molecule has 4 rings (SSSR count). The van der Waals surface area contributed by atoms with Gasteiger partial charge in [-0.15, -0.1) is 0 Å². The van der Waals surface area contributed by atoms with Crippen molar-refractivity contribution in [3.63, 3.8) is 0 Å². The molecule has 7 nitrogen and oxygen atoms in total. The van der Waals surface area contributed by atoms with Crippen molar-refractivity contribution in [2.75, 3.05) is 37.8 Å². The number of benzene rings is 2. The number of amidine groups is 1. The van der Waals surface area contributed by atoms with Crippen LogP contribution in [0, 0.1) is 0 Å². The number of nitrogens with zero attached hydrogens (tertiary/aromatic N) is 3. The Morgan fingerprint density at radius 1 is 1.07 bits per heavy atom. The highest BCUT2D eigenvalue weighted by atomic mass is 32.2. The first kappa shape index (κ1) is 19.9. The first-order valence-electron chi connectivity index (χ1n) is 9.81. The minimum Gasteiger partial charge on any atom is -0.370 e. The standard InChI is InChI=1S/C21H27N5O2S/c1-25(2)29(27,28)26-14-8-13-21(16-26)20(22-15-17-9-4-3-5-10-17)23-18-11-6-7-12-19(18)24-21/h3-7,9-12,24H,8,13-16H2,1-2H3,(H,22,23). The third kappa shape index (κ3) is 3.88. The van der Waals surface area contributed by atoms with Crippen LogP contribution in [0.25, 0.3) is 0 Å². The van der Waals surface area contributed by atoms with E-state index in [2.05, 4.69) is 10.6 Å². The van der Waals surface area contributed by atoms with E-state index in [-0.39, 0.29) is 0 Å². The molecule has 0 radical (unpaired) electrons. The quantitative estimate of drug-likeness (QED) is 0.808. The van der Waals surface area contributed by atoms with Gasteiger partial charge in [0.15, 0.2) is 0 Å². The van der Waals surface area contributed by atoms with Crippen LogP contribution in [-0.4, -0.2) is 55.6 Å². The molecular formula is C21H27N5O2S. The van der Waals surface area contributed by atoms with E-state index in [1.807, 2.05) is 54.6 Å². The summed E-state index contributed by atoms with van der Waals surface area (Å²) in [7, 11) is -0.355. The molecule has 0 bridgehead atoms. The molecule has 2 aromatic rings. The highest BCUT2D eigenvalue weighted by Crippen LogP contribution is 2.37. The Labute approximate surface area is 172 Å². The topological polar surface area (TPSA) is 77.0 Å². The highest BCUT2D eigenvalue weighted by molar-refractivity contribution is 7.86. The fourth-order valence-electron chi connectivity index (χ4n) is 3.95. The molecule has 0 saturated carbocycles. The smallest absolute Gasteiger partial charge is 0.281 e. The first-order valence-corrected chi connectivity index (χ1v) is 11.2. The van der Waals surface area contributed by atoms with Crippen molar-refractivity contribution < 1.29 is 8.42 Å². The lowest BCUT2D eigenvalue weighted by atomic mass is 9.86. The first-order chi connectivity index (χ1) is 13.9. The van der Waals surface area contributed by atoms with Crippen LogP contribution in [-0.2, 0) is 16.8 Å². The summed E-state index contributed by atoms with van der Waals surface area (Å²) in [6.07, 6.45) is 1.57. The van der Waals surface area contributed by atoms with Crippen molar-refractivity contribution in [3.8, 4) is 0 Å². The van der Waals surface area contributed by atoms with E-state index in [1.54, 1.807) is 18.4 Å². The average Bonchev–Trinajstić information content (AvgIpc) is 2.73. The fraction of sp³-hybridized carbons (Fsp3) is 0.381. The lowest BCUT2D eigenvalue weighted by Crippen LogP contribution is -2.63. The number of rotatable bonds is 4. The summed E-state index contributed by atoms with van der Waals surface area (Å²) >= 11 is 0. The van der Waals surface area contributed by atoms with Gasteiger partial charge < -0.3 is 10.6 Å². The van der Waals surface area contributed by atoms with Crippen LogP contribution >= 0.6 is 0 Å². The maximum absolute atomic E-state index is 12.8. The Kier molecular flexibility index (Phi) is 5.33. The molecule has 1 atom stereocenters. The number of hydrogen-bond donors (Lipinski definition) is 2. The summed E-state index contributed by atoms with van der Waals surface area (Å²) in [5.74, 6) is 0.790. The summed E-state index contributed by atoms with van der Waals surface area (Å²) < 4.78 is 28.4. The molecule has 29 heavy (non-hydrogen) atoms. The molecule has 1 fully saturated rings. The molecule has 1 saturated heterocycles. The van der Waals surface area contributed by atoms with E-state index in [0.717, 1.165) is 35.6 Å². The molecule has 1 spiro atoms. The Balaban J connectivity index is 1.71. The molecule has 2 N–H and O–H groups in total. The van der Waals surface area contributed by atoms with E-state index >= 15 is 0 Å². The summed E-state index contributed by atoms with van der Waals surface area (Å²) in [4.78, 5) is 4.90. The second-order valence-electron chi connectivity index (χ2n) is 7.76. The number of para-hydroxylation sites is 2. The monoisotopic (exact) mass is 413 g/mol. The minimum absolute atomic E-state index is 0.336. The van der Waals surface area contributed by atoms with E-state index in [9.17, 15) is 8.42 Å². The third-order valence-corrected chi connectivity index (χ3v) is 7.40. The van der Waals surface area contributed by atoms with E-state index in [4.69, 9.17) is 4.99 Å². The number of anilines is 2. The van der Waals surface area contributed by atoms with E-state index in [1.165, 1.54) is 4.31 Å². The Morgan fingerprint density at radius 2 is 1.76 bits per heavy atom. The lowest BCUT2D eigenvalue weighted by Gasteiger charge is -2.47. The highest BCUT2D eigenvalue weighted by Gasteiger charge is 2.46. The SMILES string of the molecule is CN(C)S(=O)(=O)N1CCCC2(C1)Nc1ccccc1NC2=NCc1ccccc1. The molecule has 154 valence electrons. The predicted molar refractivity (Wildman–Crippen MR) is 117 cm³/mol. The Bertz CT molecular complexity index is 1010. The molecule has 0 aliphatic carbocycles. The van der Waals surface area contributed by atoms with Crippen LogP contribution in [0.1, 0.15) is 18.4 Å². The van der Waals surface area contributed by atoms with Crippen molar-refractivity contribution in [2.45, 2.75) is 24.9 Å². The van der Waals surface area contributed by atoms with Gasteiger partial charge in [-0.3, -0.25) is 4.99 Å². The maximum atomic E-state index is 12.8. The molecule has 2 heterocycles. The summed E-state index contributed by atoms with van der Waals surface area (Å²) in [6, 6.07) is 18.0. The lowest BCUT2D eigenvalue weighted by molar-refractivity contribution is 0.279.